The van der Waals surface area contributed by atoms with Crippen LogP contribution in [0.25, 0.3) is 0 Å². The molecule has 5 heteroatoms. The number of anilines is 2. The number of benzene rings is 2. The molecule has 2 aliphatic heterocycles. The van der Waals surface area contributed by atoms with E-state index < -0.39 is 5.54 Å². The Balaban J connectivity index is 1.99. The van der Waals surface area contributed by atoms with Gasteiger partial charge in [-0.15, -0.1) is 0 Å². The fourth-order valence-electron chi connectivity index (χ4n) is 3.79. The fourth-order valence-corrected chi connectivity index (χ4v) is 3.96. The minimum Gasteiger partial charge on any atom is -0.356 e. The summed E-state index contributed by atoms with van der Waals surface area (Å²) in [5.74, 6) is -0.130. The molecule has 0 aliphatic carbocycles. The van der Waals surface area contributed by atoms with Crippen molar-refractivity contribution in [2.75, 3.05) is 23.9 Å². The minimum atomic E-state index is -0.969. The molecule has 0 N–H and O–H groups in total. The van der Waals surface area contributed by atoms with Gasteiger partial charge >= 0.3 is 0 Å². The van der Waals surface area contributed by atoms with E-state index in [1.54, 1.807) is 24.1 Å². The second kappa shape index (κ2) is 4.59. The number of halogens is 1. The third-order valence-corrected chi connectivity index (χ3v) is 5.21. The van der Waals surface area contributed by atoms with Crippen LogP contribution in [0.5, 0.6) is 0 Å². The van der Waals surface area contributed by atoms with E-state index in [2.05, 4.69) is 0 Å². The molecule has 0 aromatic heterocycles. The molecule has 2 aromatic carbocycles. The van der Waals surface area contributed by atoms with Crippen LogP contribution >= 0.6 is 11.6 Å². The average molecular weight is 327 g/mol. The van der Waals surface area contributed by atoms with Crippen molar-refractivity contribution in [3.63, 3.8) is 0 Å². The van der Waals surface area contributed by atoms with Crippen LogP contribution < -0.4 is 9.80 Å². The van der Waals surface area contributed by atoms with Crippen molar-refractivity contribution in [3.05, 3.63) is 58.6 Å². The van der Waals surface area contributed by atoms with Gasteiger partial charge in [0, 0.05) is 48.0 Å². The molecule has 2 heterocycles. The Morgan fingerprint density at radius 1 is 1.04 bits per heavy atom. The largest absolute Gasteiger partial charge is 0.356 e. The zero-order valence-electron chi connectivity index (χ0n) is 12.8. The van der Waals surface area contributed by atoms with Crippen LogP contribution in [0.4, 0.5) is 11.4 Å². The van der Waals surface area contributed by atoms with Gasteiger partial charge < -0.3 is 9.80 Å². The summed E-state index contributed by atoms with van der Waals surface area (Å²) in [4.78, 5) is 29.4. The van der Waals surface area contributed by atoms with Crippen LogP contribution in [0.3, 0.4) is 0 Å². The maximum atomic E-state index is 13.1. The summed E-state index contributed by atoms with van der Waals surface area (Å²) in [6.45, 7) is 0. The van der Waals surface area contributed by atoms with Crippen LogP contribution in [0.1, 0.15) is 22.3 Å². The number of carbonyl (C=O) groups is 2. The first-order valence-electron chi connectivity index (χ1n) is 7.41. The van der Waals surface area contributed by atoms with E-state index in [4.69, 9.17) is 11.6 Å². The van der Waals surface area contributed by atoms with Gasteiger partial charge in [0.25, 0.3) is 5.91 Å². The highest BCUT2D eigenvalue weighted by atomic mass is 35.5. The molecule has 1 atom stereocenters. The molecule has 4 rings (SSSR count). The highest BCUT2D eigenvalue weighted by Crippen LogP contribution is 2.50. The van der Waals surface area contributed by atoms with Crippen molar-refractivity contribution in [3.8, 4) is 0 Å². The Hall–Kier alpha value is -2.33. The van der Waals surface area contributed by atoms with Gasteiger partial charge in [0.2, 0.25) is 0 Å². The summed E-state index contributed by atoms with van der Waals surface area (Å²) in [7, 11) is 3.62. The van der Waals surface area contributed by atoms with Gasteiger partial charge in [-0.3, -0.25) is 9.59 Å². The molecule has 116 valence electrons. The lowest BCUT2D eigenvalue weighted by Crippen LogP contribution is -2.55. The number of nitrogens with zero attached hydrogens (tertiary/aromatic N) is 2. The van der Waals surface area contributed by atoms with Crippen molar-refractivity contribution in [1.82, 2.24) is 0 Å². The van der Waals surface area contributed by atoms with Gasteiger partial charge in [-0.05, 0) is 24.3 Å². The number of ketones is 1. The van der Waals surface area contributed by atoms with Crippen molar-refractivity contribution in [2.24, 2.45) is 0 Å². The van der Waals surface area contributed by atoms with E-state index in [9.17, 15) is 9.59 Å². The number of rotatable bonds is 0. The average Bonchev–Trinajstić information content (AvgIpc) is 2.76. The Morgan fingerprint density at radius 3 is 2.57 bits per heavy atom. The molecule has 0 saturated carbocycles. The van der Waals surface area contributed by atoms with E-state index in [-0.39, 0.29) is 18.1 Å². The molecule has 4 nitrogen and oxygen atoms in total. The Morgan fingerprint density at radius 2 is 1.78 bits per heavy atom. The lowest BCUT2D eigenvalue weighted by atomic mass is 9.79. The molecule has 23 heavy (non-hydrogen) atoms. The smallest absolute Gasteiger partial charge is 0.257 e. The number of hydrogen-bond donors (Lipinski definition) is 0. The summed E-state index contributed by atoms with van der Waals surface area (Å²) >= 11 is 6.03. The number of amides is 1. The first-order valence-corrected chi connectivity index (χ1v) is 7.79. The molecule has 0 saturated heterocycles. The van der Waals surface area contributed by atoms with Gasteiger partial charge in [0.15, 0.2) is 11.3 Å². The standard InChI is InChI=1S/C18H15ClN2O2/c1-20-15-6-4-3-5-13(15)18(17(20)23)10-16(22)12-9-11(19)7-8-14(12)21(18)2/h3-9H,10H2,1-2H3. The summed E-state index contributed by atoms with van der Waals surface area (Å²) in [6.07, 6.45) is 0.122. The molecule has 1 amide bonds. The lowest BCUT2D eigenvalue weighted by Gasteiger charge is -2.43. The normalized spacial score (nSPS) is 22.6. The molecular formula is C18H15ClN2O2. The second-order valence-electron chi connectivity index (χ2n) is 6.06. The summed E-state index contributed by atoms with van der Waals surface area (Å²) in [5.41, 5.74) is 2.08. The zero-order chi connectivity index (χ0) is 16.4. The predicted molar refractivity (Wildman–Crippen MR) is 90.3 cm³/mol. The fraction of sp³-hybridized carbons (Fsp3) is 0.222. The molecular weight excluding hydrogens is 312 g/mol. The maximum Gasteiger partial charge on any atom is 0.257 e. The van der Waals surface area contributed by atoms with Crippen LogP contribution in [0, 0.1) is 0 Å². The molecule has 0 radical (unpaired) electrons. The highest BCUT2D eigenvalue weighted by Gasteiger charge is 2.56. The third-order valence-electron chi connectivity index (χ3n) is 4.98. The topological polar surface area (TPSA) is 40.6 Å². The minimum absolute atomic E-state index is 0.0564. The molecule has 2 aliphatic rings. The number of Topliss-reactive ketones (excluding diaryl/α,β-unsaturated/α-hetero) is 1. The van der Waals surface area contributed by atoms with Crippen LogP contribution in [-0.2, 0) is 10.3 Å². The number of hydrogen-bond acceptors (Lipinski definition) is 3. The SMILES string of the molecule is CN1C(=O)C2(CC(=O)c3cc(Cl)ccc3N2C)c2ccccc21. The monoisotopic (exact) mass is 326 g/mol. The predicted octanol–water partition coefficient (Wildman–Crippen LogP) is 3.23. The quantitative estimate of drug-likeness (QED) is 0.746. The Bertz CT molecular complexity index is 864. The summed E-state index contributed by atoms with van der Waals surface area (Å²) in [5, 5.41) is 0.525. The number of carbonyl (C=O) groups excluding carboxylic acids is 2. The number of para-hydroxylation sites is 1. The van der Waals surface area contributed by atoms with E-state index in [1.165, 1.54) is 0 Å². The second-order valence-corrected chi connectivity index (χ2v) is 6.50. The van der Waals surface area contributed by atoms with Crippen molar-refractivity contribution in [1.29, 1.82) is 0 Å². The van der Waals surface area contributed by atoms with Crippen LogP contribution in [0.15, 0.2) is 42.5 Å². The maximum absolute atomic E-state index is 13.1. The summed E-state index contributed by atoms with van der Waals surface area (Å²) < 4.78 is 0. The van der Waals surface area contributed by atoms with Gasteiger partial charge in [0.05, 0.1) is 0 Å². The van der Waals surface area contributed by atoms with Gasteiger partial charge in [-0.1, -0.05) is 29.8 Å². The van der Waals surface area contributed by atoms with Crippen LogP contribution in [0.2, 0.25) is 5.02 Å². The number of likely N-dealkylation sites (N-methyl/N-ethyl adjacent to an activating group) is 2. The van der Waals surface area contributed by atoms with Crippen LogP contribution in [-0.4, -0.2) is 25.8 Å². The van der Waals surface area contributed by atoms with Crippen molar-refractivity contribution >= 4 is 34.7 Å². The van der Waals surface area contributed by atoms with E-state index in [1.807, 2.05) is 42.3 Å². The van der Waals surface area contributed by atoms with Gasteiger partial charge in [0.1, 0.15) is 0 Å². The van der Waals surface area contributed by atoms with E-state index in [0.29, 0.717) is 10.6 Å². The zero-order valence-corrected chi connectivity index (χ0v) is 13.6. The molecule has 1 spiro atoms. The number of fused-ring (bicyclic) bond motifs is 3. The molecule has 0 bridgehead atoms. The molecule has 1 unspecified atom stereocenters. The Labute approximate surface area is 139 Å². The summed E-state index contributed by atoms with van der Waals surface area (Å²) in [6, 6.07) is 12.9. The third kappa shape index (κ3) is 1.67. The van der Waals surface area contributed by atoms with Gasteiger partial charge in [-0.25, -0.2) is 0 Å². The highest BCUT2D eigenvalue weighted by molar-refractivity contribution is 6.31. The van der Waals surface area contributed by atoms with E-state index >= 15 is 0 Å². The van der Waals surface area contributed by atoms with Crippen molar-refractivity contribution < 1.29 is 9.59 Å². The van der Waals surface area contributed by atoms with E-state index in [0.717, 1.165) is 16.9 Å². The first-order chi connectivity index (χ1) is 11.0. The first kappa shape index (κ1) is 14.3. The molecule has 2 aromatic rings. The van der Waals surface area contributed by atoms with Crippen molar-refractivity contribution in [2.45, 2.75) is 12.0 Å². The molecule has 0 fully saturated rings. The Kier molecular flexibility index (Phi) is 2.85. The lowest BCUT2D eigenvalue weighted by molar-refractivity contribution is -0.122. The van der Waals surface area contributed by atoms with Gasteiger partial charge in [-0.2, -0.15) is 0 Å².